The Morgan fingerprint density at radius 3 is 2.79 bits per heavy atom. The third-order valence-corrected chi connectivity index (χ3v) is 4.35. The summed E-state index contributed by atoms with van der Waals surface area (Å²) in [6, 6.07) is 14.9. The molecule has 0 saturated carbocycles. The molecule has 2 aromatic carbocycles. The van der Waals surface area contributed by atoms with Gasteiger partial charge in [0.25, 0.3) is 5.91 Å². The van der Waals surface area contributed by atoms with E-state index >= 15 is 0 Å². The minimum atomic E-state index is -0.276. The van der Waals surface area contributed by atoms with Crippen molar-refractivity contribution in [3.05, 3.63) is 81.1 Å². The fraction of sp³-hybridized carbons (Fsp3) is 0.158. The molecule has 5 heteroatoms. The van der Waals surface area contributed by atoms with Crippen LogP contribution in [0.25, 0.3) is 10.9 Å². The Bertz CT molecular complexity index is 991. The number of aromatic nitrogens is 1. The molecule has 3 N–H and O–H groups in total. The molecule has 0 fully saturated rings. The number of H-pyrrole nitrogens is 1. The first kappa shape index (κ1) is 14.7. The summed E-state index contributed by atoms with van der Waals surface area (Å²) in [7, 11) is 0. The molecule has 0 spiro atoms. The molecule has 0 atom stereocenters. The number of pyridine rings is 1. The van der Waals surface area contributed by atoms with Gasteiger partial charge in [-0.05, 0) is 22.8 Å². The molecule has 4 rings (SSSR count). The van der Waals surface area contributed by atoms with Gasteiger partial charge >= 0.3 is 0 Å². The Morgan fingerprint density at radius 1 is 1.04 bits per heavy atom. The normalized spacial score (nSPS) is 13.0. The second-order valence-corrected chi connectivity index (χ2v) is 5.98. The Morgan fingerprint density at radius 2 is 1.88 bits per heavy atom. The lowest BCUT2D eigenvalue weighted by molar-refractivity contribution is 0.0952. The largest absolute Gasteiger partial charge is 0.348 e. The minimum Gasteiger partial charge on any atom is -0.348 e. The summed E-state index contributed by atoms with van der Waals surface area (Å²) in [4.78, 5) is 27.1. The first-order valence-electron chi connectivity index (χ1n) is 7.92. The average molecular weight is 319 g/mol. The molecule has 1 aliphatic rings. The van der Waals surface area contributed by atoms with Crippen LogP contribution in [0.1, 0.15) is 27.0 Å². The first-order chi connectivity index (χ1) is 11.7. The van der Waals surface area contributed by atoms with Crippen molar-refractivity contribution in [1.29, 1.82) is 0 Å². The average Bonchev–Trinajstić information content (AvgIpc) is 3.06. The molecule has 2 heterocycles. The van der Waals surface area contributed by atoms with Crippen LogP contribution in [0.2, 0.25) is 0 Å². The molecular formula is C19H17N3O2. The maximum atomic E-state index is 12.5. The highest BCUT2D eigenvalue weighted by Gasteiger charge is 2.13. The Balaban J connectivity index is 1.58. The Hall–Kier alpha value is -2.92. The molecule has 1 amide bonds. The predicted octanol–water partition coefficient (Wildman–Crippen LogP) is 2.06. The van der Waals surface area contributed by atoms with E-state index < -0.39 is 0 Å². The van der Waals surface area contributed by atoms with Crippen LogP contribution in [0, 0.1) is 0 Å². The smallest absolute Gasteiger partial charge is 0.252 e. The van der Waals surface area contributed by atoms with Gasteiger partial charge in [-0.25, -0.2) is 0 Å². The number of aromatic amines is 1. The number of hydrogen-bond acceptors (Lipinski definition) is 3. The quantitative estimate of drug-likeness (QED) is 0.692. The van der Waals surface area contributed by atoms with Gasteiger partial charge in [0, 0.05) is 36.6 Å². The highest BCUT2D eigenvalue weighted by molar-refractivity contribution is 6.05. The van der Waals surface area contributed by atoms with Gasteiger partial charge in [0.1, 0.15) is 0 Å². The van der Waals surface area contributed by atoms with Crippen molar-refractivity contribution in [1.82, 2.24) is 15.6 Å². The van der Waals surface area contributed by atoms with E-state index in [0.717, 1.165) is 24.0 Å². The molecule has 1 aliphatic heterocycles. The molecule has 0 unspecified atom stereocenters. The number of carbonyl (C=O) groups is 1. The zero-order valence-corrected chi connectivity index (χ0v) is 13.1. The highest BCUT2D eigenvalue weighted by atomic mass is 16.2. The second-order valence-electron chi connectivity index (χ2n) is 5.98. The van der Waals surface area contributed by atoms with Gasteiger partial charge in [-0.15, -0.1) is 0 Å². The summed E-state index contributed by atoms with van der Waals surface area (Å²) in [5, 5.41) is 6.96. The van der Waals surface area contributed by atoms with E-state index in [4.69, 9.17) is 0 Å². The van der Waals surface area contributed by atoms with E-state index in [1.54, 1.807) is 6.07 Å². The van der Waals surface area contributed by atoms with Crippen molar-refractivity contribution in [3.63, 3.8) is 0 Å². The molecule has 5 nitrogen and oxygen atoms in total. The Kier molecular flexibility index (Phi) is 3.63. The van der Waals surface area contributed by atoms with E-state index in [2.05, 4.69) is 27.8 Å². The SMILES string of the molecule is O=C(NCc1ccc2c(c1)CNC2)c1cc(=O)[nH]c2ccccc12. The molecule has 3 aromatic rings. The Labute approximate surface area is 138 Å². The van der Waals surface area contributed by atoms with Crippen molar-refractivity contribution in [2.45, 2.75) is 19.6 Å². The monoisotopic (exact) mass is 319 g/mol. The number of para-hydroxylation sites is 1. The molecule has 0 bridgehead atoms. The maximum absolute atomic E-state index is 12.5. The van der Waals surface area contributed by atoms with Gasteiger partial charge in [-0.1, -0.05) is 36.4 Å². The third-order valence-electron chi connectivity index (χ3n) is 4.35. The van der Waals surface area contributed by atoms with Crippen molar-refractivity contribution in [2.24, 2.45) is 0 Å². The highest BCUT2D eigenvalue weighted by Crippen LogP contribution is 2.18. The van der Waals surface area contributed by atoms with Crippen LogP contribution in [0.3, 0.4) is 0 Å². The van der Waals surface area contributed by atoms with Crippen molar-refractivity contribution in [2.75, 3.05) is 0 Å². The van der Waals surface area contributed by atoms with E-state index in [9.17, 15) is 9.59 Å². The molecule has 1 aromatic heterocycles. The number of benzene rings is 2. The second kappa shape index (κ2) is 5.94. The summed E-state index contributed by atoms with van der Waals surface area (Å²) in [5.41, 5.74) is 4.44. The maximum Gasteiger partial charge on any atom is 0.252 e. The topological polar surface area (TPSA) is 74.0 Å². The van der Waals surface area contributed by atoms with Crippen molar-refractivity contribution in [3.8, 4) is 0 Å². The van der Waals surface area contributed by atoms with Crippen LogP contribution >= 0.6 is 0 Å². The fourth-order valence-corrected chi connectivity index (χ4v) is 3.13. The predicted molar refractivity (Wildman–Crippen MR) is 92.7 cm³/mol. The summed E-state index contributed by atoms with van der Waals surface area (Å²) in [6.45, 7) is 2.21. The minimum absolute atomic E-state index is 0.240. The molecule has 24 heavy (non-hydrogen) atoms. The number of rotatable bonds is 3. The first-order valence-corrected chi connectivity index (χ1v) is 7.92. The summed E-state index contributed by atoms with van der Waals surface area (Å²) in [5.74, 6) is -0.240. The number of hydrogen-bond donors (Lipinski definition) is 3. The van der Waals surface area contributed by atoms with Gasteiger partial charge < -0.3 is 15.6 Å². The summed E-state index contributed by atoms with van der Waals surface area (Å²) < 4.78 is 0. The number of amides is 1. The van der Waals surface area contributed by atoms with Crippen LogP contribution in [-0.2, 0) is 19.6 Å². The van der Waals surface area contributed by atoms with Crippen LogP contribution in [0.5, 0.6) is 0 Å². The fourth-order valence-electron chi connectivity index (χ4n) is 3.13. The lowest BCUT2D eigenvalue weighted by atomic mass is 10.1. The zero-order chi connectivity index (χ0) is 16.5. The summed E-state index contributed by atoms with van der Waals surface area (Å²) in [6.07, 6.45) is 0. The van der Waals surface area contributed by atoms with Crippen LogP contribution < -0.4 is 16.2 Å². The molecule has 0 radical (unpaired) electrons. The van der Waals surface area contributed by atoms with E-state index in [1.807, 2.05) is 24.3 Å². The van der Waals surface area contributed by atoms with Gasteiger partial charge in [0.15, 0.2) is 0 Å². The van der Waals surface area contributed by atoms with E-state index in [0.29, 0.717) is 17.6 Å². The van der Waals surface area contributed by atoms with Crippen LogP contribution in [0.15, 0.2) is 53.3 Å². The van der Waals surface area contributed by atoms with Gasteiger partial charge in [-0.3, -0.25) is 9.59 Å². The van der Waals surface area contributed by atoms with Crippen molar-refractivity contribution >= 4 is 16.8 Å². The lowest BCUT2D eigenvalue weighted by Gasteiger charge is -2.09. The van der Waals surface area contributed by atoms with E-state index in [1.165, 1.54) is 17.2 Å². The third kappa shape index (κ3) is 2.70. The molecular weight excluding hydrogens is 302 g/mol. The standard InChI is InChI=1S/C19H17N3O2/c23-18-8-16(15-3-1-2-4-17(15)22-18)19(24)21-9-12-5-6-13-10-20-11-14(13)7-12/h1-8,20H,9-11H2,(H,21,24)(H,22,23). The molecule has 0 aliphatic carbocycles. The zero-order valence-electron chi connectivity index (χ0n) is 13.1. The van der Waals surface area contributed by atoms with Crippen LogP contribution in [0.4, 0.5) is 0 Å². The lowest BCUT2D eigenvalue weighted by Crippen LogP contribution is -2.24. The van der Waals surface area contributed by atoms with Gasteiger partial charge in [0.05, 0.1) is 5.56 Å². The van der Waals surface area contributed by atoms with Gasteiger partial charge in [0.2, 0.25) is 5.56 Å². The number of nitrogens with one attached hydrogen (secondary N) is 3. The summed E-state index contributed by atoms with van der Waals surface area (Å²) >= 11 is 0. The number of carbonyl (C=O) groups excluding carboxylic acids is 1. The van der Waals surface area contributed by atoms with Gasteiger partial charge in [-0.2, -0.15) is 0 Å². The molecule has 120 valence electrons. The number of fused-ring (bicyclic) bond motifs is 2. The van der Waals surface area contributed by atoms with Crippen LogP contribution in [-0.4, -0.2) is 10.9 Å². The molecule has 0 saturated heterocycles. The van der Waals surface area contributed by atoms with Crippen molar-refractivity contribution < 1.29 is 4.79 Å². The van der Waals surface area contributed by atoms with E-state index in [-0.39, 0.29) is 11.5 Å².